The Hall–Kier alpha value is -1.58. The molecule has 0 aliphatic rings. The molecule has 1 aromatic heterocycles. The summed E-state index contributed by atoms with van der Waals surface area (Å²) < 4.78 is 7.23. The van der Waals surface area contributed by atoms with E-state index >= 15 is 0 Å². The summed E-state index contributed by atoms with van der Waals surface area (Å²) in [7, 11) is 0. The predicted molar refractivity (Wildman–Crippen MR) is 76.3 cm³/mol. The fourth-order valence-corrected chi connectivity index (χ4v) is 2.97. The van der Waals surface area contributed by atoms with Gasteiger partial charge in [0, 0.05) is 0 Å². The van der Waals surface area contributed by atoms with Crippen LogP contribution in [-0.2, 0) is 0 Å². The zero-order valence-electron chi connectivity index (χ0n) is 9.84. The molecule has 0 saturated heterocycles. The first kappa shape index (κ1) is 12.9. The first-order chi connectivity index (χ1) is 8.72. The molecule has 1 aromatic carbocycles. The highest BCUT2D eigenvalue weighted by Crippen LogP contribution is 2.30. The Kier molecular flexibility index (Phi) is 3.84. The van der Waals surface area contributed by atoms with Gasteiger partial charge in [-0.25, -0.2) is 9.36 Å². The fraction of sp³-hybridized carbons (Fsp3) is 0.167. The second kappa shape index (κ2) is 5.38. The van der Waals surface area contributed by atoms with Gasteiger partial charge < -0.3 is 4.42 Å². The first-order valence-electron chi connectivity index (χ1n) is 5.06. The maximum Gasteiger partial charge on any atom is 0.425 e. The van der Waals surface area contributed by atoms with E-state index in [1.165, 1.54) is 28.1 Å². The monoisotopic (exact) mass is 278 g/mol. The van der Waals surface area contributed by atoms with Gasteiger partial charge in [0.1, 0.15) is 6.07 Å². The van der Waals surface area contributed by atoms with E-state index in [0.717, 1.165) is 4.24 Å². The molecule has 2 aromatic rings. The molecule has 0 radical (unpaired) electrons. The molecule has 0 spiro atoms. The molecular formula is C12H10N2O2S2. The van der Waals surface area contributed by atoms with Crippen LogP contribution >= 0.6 is 23.5 Å². The van der Waals surface area contributed by atoms with Gasteiger partial charge in [-0.1, -0.05) is 12.1 Å². The average Bonchev–Trinajstić information content (AvgIpc) is 2.72. The third kappa shape index (κ3) is 2.07. The third-order valence-corrected chi connectivity index (χ3v) is 4.51. The Morgan fingerprint density at radius 2 is 2.00 bits per heavy atom. The number of oxazole rings is 1. The fourth-order valence-electron chi connectivity index (χ4n) is 1.64. The molecular weight excluding hydrogens is 268 g/mol. The lowest BCUT2D eigenvalue weighted by Crippen LogP contribution is -2.13. The van der Waals surface area contributed by atoms with Gasteiger partial charge in [0.15, 0.2) is 11.3 Å². The second-order valence-electron chi connectivity index (χ2n) is 3.33. The Morgan fingerprint density at radius 1 is 1.33 bits per heavy atom. The molecule has 1 heterocycles. The molecule has 18 heavy (non-hydrogen) atoms. The van der Waals surface area contributed by atoms with E-state index in [4.69, 9.17) is 4.42 Å². The van der Waals surface area contributed by atoms with Gasteiger partial charge in [-0.3, -0.25) is 0 Å². The number of hydrogen-bond donors (Lipinski definition) is 0. The molecule has 2 rings (SSSR count). The maximum absolute atomic E-state index is 11.9. The van der Waals surface area contributed by atoms with Gasteiger partial charge in [-0.05, 0) is 24.6 Å². The Labute approximate surface area is 112 Å². The highest BCUT2D eigenvalue weighted by molar-refractivity contribution is 8.21. The van der Waals surface area contributed by atoms with Crippen LogP contribution in [0.2, 0.25) is 0 Å². The van der Waals surface area contributed by atoms with Gasteiger partial charge in [-0.2, -0.15) is 5.26 Å². The summed E-state index contributed by atoms with van der Waals surface area (Å²) in [6.45, 7) is 0. The number of nitriles is 1. The third-order valence-electron chi connectivity index (χ3n) is 2.38. The van der Waals surface area contributed by atoms with Gasteiger partial charge in [0.2, 0.25) is 0 Å². The quantitative estimate of drug-likeness (QED) is 0.808. The van der Waals surface area contributed by atoms with Crippen molar-refractivity contribution in [2.24, 2.45) is 0 Å². The van der Waals surface area contributed by atoms with E-state index in [-0.39, 0.29) is 0 Å². The normalized spacial score (nSPS) is 10.3. The minimum Gasteiger partial charge on any atom is -0.407 e. The van der Waals surface area contributed by atoms with Crippen LogP contribution in [0.1, 0.15) is 0 Å². The molecule has 0 unspecified atom stereocenters. The SMILES string of the molecule is CSC(SC)=C(C#N)n1c(=O)oc2ccccc21. The average molecular weight is 278 g/mol. The lowest BCUT2D eigenvalue weighted by molar-refractivity contribution is 0.543. The van der Waals surface area contributed by atoms with Crippen LogP contribution in [-0.4, -0.2) is 17.1 Å². The van der Waals surface area contributed by atoms with Crippen molar-refractivity contribution >= 4 is 40.3 Å². The number of rotatable bonds is 3. The van der Waals surface area contributed by atoms with E-state index in [1.807, 2.05) is 12.5 Å². The van der Waals surface area contributed by atoms with Gasteiger partial charge in [-0.15, -0.1) is 23.5 Å². The van der Waals surface area contributed by atoms with Crippen molar-refractivity contribution in [1.29, 1.82) is 5.26 Å². The van der Waals surface area contributed by atoms with Gasteiger partial charge in [0.05, 0.1) is 9.75 Å². The molecule has 0 aliphatic heterocycles. The van der Waals surface area contributed by atoms with Gasteiger partial charge in [0.25, 0.3) is 0 Å². The van der Waals surface area contributed by atoms with Crippen molar-refractivity contribution in [2.45, 2.75) is 0 Å². The van der Waals surface area contributed by atoms with Crippen molar-refractivity contribution in [2.75, 3.05) is 12.5 Å². The predicted octanol–water partition coefficient (Wildman–Crippen LogP) is 2.97. The minimum atomic E-state index is -0.534. The molecule has 0 saturated carbocycles. The number of hydrogen-bond acceptors (Lipinski definition) is 5. The van der Waals surface area contributed by atoms with E-state index in [9.17, 15) is 10.1 Å². The van der Waals surface area contributed by atoms with Crippen LogP contribution in [0.3, 0.4) is 0 Å². The zero-order chi connectivity index (χ0) is 13.1. The largest absolute Gasteiger partial charge is 0.425 e. The van der Waals surface area contributed by atoms with Crippen molar-refractivity contribution in [3.63, 3.8) is 0 Å². The Bertz CT molecular complexity index is 701. The molecule has 92 valence electrons. The first-order valence-corrected chi connectivity index (χ1v) is 7.51. The van der Waals surface area contributed by atoms with E-state index < -0.39 is 5.76 Å². The number of allylic oxidation sites excluding steroid dienone is 1. The summed E-state index contributed by atoms with van der Waals surface area (Å²) >= 11 is 2.87. The van der Waals surface area contributed by atoms with Crippen molar-refractivity contribution < 1.29 is 4.42 Å². The second-order valence-corrected chi connectivity index (χ2v) is 5.22. The summed E-state index contributed by atoms with van der Waals surface area (Å²) in [6.07, 6.45) is 3.74. The van der Waals surface area contributed by atoms with E-state index in [2.05, 4.69) is 6.07 Å². The summed E-state index contributed by atoms with van der Waals surface area (Å²) in [5, 5.41) is 9.28. The summed E-state index contributed by atoms with van der Waals surface area (Å²) in [5.41, 5.74) is 1.40. The molecule has 6 heteroatoms. The van der Waals surface area contributed by atoms with Crippen molar-refractivity contribution in [1.82, 2.24) is 4.57 Å². The summed E-state index contributed by atoms with van der Waals surface area (Å²) in [5.74, 6) is -0.534. The number of benzene rings is 1. The highest BCUT2D eigenvalue weighted by atomic mass is 32.2. The molecule has 4 nitrogen and oxygen atoms in total. The van der Waals surface area contributed by atoms with E-state index in [0.29, 0.717) is 16.8 Å². The Balaban J connectivity index is 2.82. The molecule has 0 aliphatic carbocycles. The molecule has 0 N–H and O–H groups in total. The van der Waals surface area contributed by atoms with Crippen LogP contribution in [0.5, 0.6) is 0 Å². The Morgan fingerprint density at radius 3 is 2.61 bits per heavy atom. The van der Waals surface area contributed by atoms with Gasteiger partial charge >= 0.3 is 5.76 Å². The molecule has 0 fully saturated rings. The highest BCUT2D eigenvalue weighted by Gasteiger charge is 2.15. The lowest BCUT2D eigenvalue weighted by atomic mass is 10.3. The lowest BCUT2D eigenvalue weighted by Gasteiger charge is -2.04. The zero-order valence-corrected chi connectivity index (χ0v) is 11.5. The number of para-hydroxylation sites is 2. The number of fused-ring (bicyclic) bond motifs is 1. The molecule has 0 atom stereocenters. The molecule has 0 amide bonds. The van der Waals surface area contributed by atoms with Crippen LogP contribution in [0.15, 0.2) is 37.7 Å². The summed E-state index contributed by atoms with van der Waals surface area (Å²) in [6, 6.07) is 9.14. The van der Waals surface area contributed by atoms with Crippen LogP contribution in [0, 0.1) is 11.3 Å². The number of aromatic nitrogens is 1. The number of thioether (sulfide) groups is 2. The topological polar surface area (TPSA) is 58.9 Å². The number of nitrogens with zero attached hydrogens (tertiary/aromatic N) is 2. The van der Waals surface area contributed by atoms with Crippen LogP contribution in [0.25, 0.3) is 16.8 Å². The van der Waals surface area contributed by atoms with Crippen molar-refractivity contribution in [3.05, 3.63) is 39.1 Å². The van der Waals surface area contributed by atoms with Crippen LogP contribution in [0.4, 0.5) is 0 Å². The standard InChI is InChI=1S/C12H10N2O2S2/c1-17-11(18-2)9(7-13)14-8-5-3-4-6-10(8)16-12(14)15/h3-6H,1-2H3. The van der Waals surface area contributed by atoms with Crippen LogP contribution < -0.4 is 5.76 Å². The van der Waals surface area contributed by atoms with Crippen molar-refractivity contribution in [3.8, 4) is 6.07 Å². The maximum atomic E-state index is 11.9. The molecule has 0 bridgehead atoms. The minimum absolute atomic E-state index is 0.310. The van der Waals surface area contributed by atoms with E-state index in [1.54, 1.807) is 24.3 Å². The summed E-state index contributed by atoms with van der Waals surface area (Å²) in [4.78, 5) is 11.9. The smallest absolute Gasteiger partial charge is 0.407 e.